The summed E-state index contributed by atoms with van der Waals surface area (Å²) < 4.78 is 25.9. The smallest absolute Gasteiger partial charge is 0.160 e. The van der Waals surface area contributed by atoms with Gasteiger partial charge in [0.05, 0.1) is 44.3 Å². The van der Waals surface area contributed by atoms with Gasteiger partial charge < -0.3 is 27.0 Å². The minimum absolute atomic E-state index is 0.641. The molecule has 0 unspecified atom stereocenters. The van der Waals surface area contributed by atoms with Gasteiger partial charge in [-0.05, 0) is 214 Å². The first-order chi connectivity index (χ1) is 52.5. The standard InChI is InChI=1S/C98H57N5O3/c1-7-22-85-71(16-1)77-51-61(64-36-47-94-80(54-64)74-19-4-10-25-91(74)104-94)33-44-88(77)101(85)68-39-28-58(29-40-68)60-32-43-84-83(57-60)97(67-14-13-15-70(50-67)103-87-24-9-3-18-73(87)79-53-63(35-46-90(79)103)66-38-49-96-82(56-66)76-21-6-12-27-93(76)106-96)100-98(99-84)59-30-41-69(42-31-59)102-86-23-8-2-17-72(86)78-52-62(34-45-89(78)102)65-37-48-95-81(55-65)75-20-5-11-26-92(75)105-95/h1-57H. The van der Waals surface area contributed by atoms with E-state index < -0.39 is 0 Å². The molecule has 23 aromatic rings. The zero-order valence-electron chi connectivity index (χ0n) is 56.9. The van der Waals surface area contributed by atoms with Crippen LogP contribution < -0.4 is 0 Å². The highest BCUT2D eigenvalue weighted by atomic mass is 16.3. The minimum atomic E-state index is 0.641. The van der Waals surface area contributed by atoms with Crippen molar-refractivity contribution in [1.82, 2.24) is 23.7 Å². The van der Waals surface area contributed by atoms with Crippen molar-refractivity contribution in [2.24, 2.45) is 0 Å². The van der Waals surface area contributed by atoms with Gasteiger partial charge in [-0.1, -0.05) is 176 Å². The van der Waals surface area contributed by atoms with Crippen LogP contribution in [0.1, 0.15) is 0 Å². The molecule has 0 spiro atoms. The molecule has 23 rings (SSSR count). The molecule has 0 bridgehead atoms. The largest absolute Gasteiger partial charge is 0.456 e. The van der Waals surface area contributed by atoms with Crippen molar-refractivity contribution in [3.05, 3.63) is 346 Å². The summed E-state index contributed by atoms with van der Waals surface area (Å²) in [6.45, 7) is 0. The number of furan rings is 3. The summed E-state index contributed by atoms with van der Waals surface area (Å²) >= 11 is 0. The second kappa shape index (κ2) is 22.6. The number of fused-ring (bicyclic) bond motifs is 19. The van der Waals surface area contributed by atoms with Crippen LogP contribution in [0.25, 0.3) is 226 Å². The number of para-hydroxylation sites is 6. The number of aromatic nitrogens is 5. The lowest BCUT2D eigenvalue weighted by Crippen LogP contribution is -1.99. The second-order valence-corrected chi connectivity index (χ2v) is 28.0. The van der Waals surface area contributed by atoms with Crippen molar-refractivity contribution < 1.29 is 13.3 Å². The van der Waals surface area contributed by atoms with Crippen LogP contribution in [0.5, 0.6) is 0 Å². The monoisotopic (exact) mass is 1350 g/mol. The summed E-state index contributed by atoms with van der Waals surface area (Å²) in [7, 11) is 0. The molecule has 7 aromatic heterocycles. The number of rotatable bonds is 9. The molecule has 0 N–H and O–H groups in total. The molecule has 8 heteroatoms. The Morgan fingerprint density at radius 2 is 0.500 bits per heavy atom. The second-order valence-electron chi connectivity index (χ2n) is 28.0. The van der Waals surface area contributed by atoms with Gasteiger partial charge in [-0.2, -0.15) is 0 Å². The van der Waals surface area contributed by atoms with E-state index in [0.29, 0.717) is 5.82 Å². The highest BCUT2D eigenvalue weighted by molar-refractivity contribution is 6.15. The van der Waals surface area contributed by atoms with Crippen molar-refractivity contribution in [3.63, 3.8) is 0 Å². The van der Waals surface area contributed by atoms with E-state index in [-0.39, 0.29) is 0 Å². The third-order valence-electron chi connectivity index (χ3n) is 22.1. The molecule has 106 heavy (non-hydrogen) atoms. The Kier molecular flexibility index (Phi) is 12.4. The van der Waals surface area contributed by atoms with Gasteiger partial charge in [-0.25, -0.2) is 9.97 Å². The predicted molar refractivity (Wildman–Crippen MR) is 437 cm³/mol. The molecule has 7 heterocycles. The summed E-state index contributed by atoms with van der Waals surface area (Å²) in [5.74, 6) is 0.641. The summed E-state index contributed by atoms with van der Waals surface area (Å²) in [4.78, 5) is 11.1. The maximum atomic E-state index is 6.26. The Hall–Kier alpha value is -14.3. The first-order valence-electron chi connectivity index (χ1n) is 36.0. The zero-order valence-corrected chi connectivity index (χ0v) is 56.9. The van der Waals surface area contributed by atoms with Crippen LogP contribution in [0.3, 0.4) is 0 Å². The lowest BCUT2D eigenvalue weighted by Gasteiger charge is -2.14. The van der Waals surface area contributed by atoms with Crippen LogP contribution >= 0.6 is 0 Å². The van der Waals surface area contributed by atoms with Gasteiger partial charge >= 0.3 is 0 Å². The van der Waals surface area contributed by atoms with Crippen LogP contribution in [0.4, 0.5) is 0 Å². The van der Waals surface area contributed by atoms with Gasteiger partial charge in [0.1, 0.15) is 33.5 Å². The van der Waals surface area contributed by atoms with Crippen molar-refractivity contribution in [2.75, 3.05) is 0 Å². The number of nitrogens with zero attached hydrogens (tertiary/aromatic N) is 5. The van der Waals surface area contributed by atoms with Crippen LogP contribution in [-0.4, -0.2) is 23.7 Å². The fraction of sp³-hybridized carbons (Fsp3) is 0. The van der Waals surface area contributed by atoms with E-state index in [1.165, 1.54) is 32.3 Å². The Morgan fingerprint density at radius 3 is 0.943 bits per heavy atom. The van der Waals surface area contributed by atoms with E-state index in [2.05, 4.69) is 323 Å². The van der Waals surface area contributed by atoms with Gasteiger partial charge in [0.2, 0.25) is 0 Å². The maximum Gasteiger partial charge on any atom is 0.160 e. The van der Waals surface area contributed by atoms with Crippen LogP contribution in [0.2, 0.25) is 0 Å². The topological polar surface area (TPSA) is 80.0 Å². The highest BCUT2D eigenvalue weighted by Gasteiger charge is 2.22. The van der Waals surface area contributed by atoms with Gasteiger partial charge in [-0.3, -0.25) is 0 Å². The molecule has 0 atom stereocenters. The zero-order chi connectivity index (χ0) is 69.2. The summed E-state index contributed by atoms with van der Waals surface area (Å²) in [6.07, 6.45) is 0. The van der Waals surface area contributed by atoms with E-state index >= 15 is 0 Å². The van der Waals surface area contributed by atoms with Gasteiger partial charge in [0, 0.05) is 98.2 Å². The molecule has 0 saturated carbocycles. The van der Waals surface area contributed by atoms with Crippen molar-refractivity contribution >= 4 is 142 Å². The summed E-state index contributed by atoms with van der Waals surface area (Å²) in [6, 6.07) is 124. The average molecular weight is 1350 g/mol. The number of hydrogen-bond donors (Lipinski definition) is 0. The van der Waals surface area contributed by atoms with Gasteiger partial charge in [0.25, 0.3) is 0 Å². The maximum absolute atomic E-state index is 6.26. The average Bonchev–Trinajstić information content (AvgIpc) is 1.57. The van der Waals surface area contributed by atoms with Crippen LogP contribution in [-0.2, 0) is 0 Å². The normalized spacial score (nSPS) is 12.2. The van der Waals surface area contributed by atoms with E-state index in [1.807, 2.05) is 36.4 Å². The summed E-state index contributed by atoms with van der Waals surface area (Å²) in [5, 5.41) is 14.8. The summed E-state index contributed by atoms with van der Waals surface area (Å²) in [5.41, 5.74) is 27.9. The van der Waals surface area contributed by atoms with Crippen molar-refractivity contribution in [2.45, 2.75) is 0 Å². The van der Waals surface area contributed by atoms with E-state index in [1.54, 1.807) is 0 Å². The van der Waals surface area contributed by atoms with E-state index in [9.17, 15) is 0 Å². The molecular weight excluding hydrogens is 1300 g/mol. The highest BCUT2D eigenvalue weighted by Crippen LogP contribution is 2.44. The third-order valence-corrected chi connectivity index (χ3v) is 22.1. The molecule has 0 radical (unpaired) electrons. The SMILES string of the molecule is c1cc(-c2nc(-c3ccc(-n4c5ccccc5c5cc(-c6ccc7oc8ccccc8c7c6)ccc54)cc3)nc3ccc(-c4ccc(-n5c6ccccc6c6cc(-c7ccc8oc9ccccc9c8c7)ccc65)cc4)cc23)cc(-n2c3ccccc3c3cc(-c4ccc5oc6ccccc6c5c4)ccc32)c1. The number of hydrogen-bond acceptors (Lipinski definition) is 5. The van der Waals surface area contributed by atoms with Gasteiger partial charge in [-0.15, -0.1) is 0 Å². The number of benzene rings is 16. The molecular formula is C98H57N5O3. The minimum Gasteiger partial charge on any atom is -0.456 e. The van der Waals surface area contributed by atoms with E-state index in [0.717, 1.165) is 188 Å². The Morgan fingerprint density at radius 1 is 0.179 bits per heavy atom. The third kappa shape index (κ3) is 8.95. The molecule has 0 fully saturated rings. The first kappa shape index (κ1) is 58.3. The van der Waals surface area contributed by atoms with E-state index in [4.69, 9.17) is 23.2 Å². The van der Waals surface area contributed by atoms with Gasteiger partial charge in [0.15, 0.2) is 5.82 Å². The quantitative estimate of drug-likeness (QED) is 0.144. The molecule has 16 aromatic carbocycles. The lowest BCUT2D eigenvalue weighted by atomic mass is 9.99. The predicted octanol–water partition coefficient (Wildman–Crippen LogP) is 26.6. The van der Waals surface area contributed by atoms with Crippen molar-refractivity contribution in [3.8, 4) is 84.2 Å². The molecule has 0 aliphatic carbocycles. The fourth-order valence-electron chi connectivity index (χ4n) is 17.0. The molecule has 0 saturated heterocycles. The van der Waals surface area contributed by atoms with Crippen LogP contribution in [0, 0.1) is 0 Å². The Balaban J connectivity index is 0.636. The molecule has 0 amide bonds. The lowest BCUT2D eigenvalue weighted by molar-refractivity contribution is 0.668. The molecule has 0 aliphatic rings. The van der Waals surface area contributed by atoms with Crippen molar-refractivity contribution in [1.29, 1.82) is 0 Å². The Labute approximate surface area is 605 Å². The Bertz CT molecular complexity index is 7650. The molecule has 492 valence electrons. The molecule has 8 nitrogen and oxygen atoms in total. The fourth-order valence-corrected chi connectivity index (χ4v) is 17.0. The molecule has 0 aliphatic heterocycles. The van der Waals surface area contributed by atoms with Crippen LogP contribution in [0.15, 0.2) is 359 Å². The first-order valence-corrected chi connectivity index (χ1v) is 36.0.